The Hall–Kier alpha value is -2.23. The maximum absolute atomic E-state index is 5.76. The van der Waals surface area contributed by atoms with E-state index in [-0.39, 0.29) is 0 Å². The fraction of sp³-hybridized carbons (Fsp3) is 0.214. The first kappa shape index (κ1) is 12.2. The Balaban J connectivity index is 2.28. The summed E-state index contributed by atoms with van der Waals surface area (Å²) in [6.45, 7) is 4.43. The third kappa shape index (κ3) is 2.71. The summed E-state index contributed by atoms with van der Waals surface area (Å²) >= 11 is 0. The molecule has 0 aliphatic heterocycles. The molecule has 1 aromatic carbocycles. The largest absolute Gasteiger partial charge is 0.490 e. The summed E-state index contributed by atoms with van der Waals surface area (Å²) in [5.74, 6) is 1.90. The van der Waals surface area contributed by atoms with E-state index in [4.69, 9.17) is 15.2 Å². The van der Waals surface area contributed by atoms with Crippen LogP contribution in [-0.4, -0.2) is 11.6 Å². The number of aryl methyl sites for hydroxylation is 1. The zero-order valence-electron chi connectivity index (χ0n) is 10.5. The number of ether oxygens (including phenoxy) is 2. The SMILES string of the molecule is CCOc1ccccc1Oc1ncc(N)cc1C. The Kier molecular flexibility index (Phi) is 3.67. The maximum atomic E-state index is 5.76. The quantitative estimate of drug-likeness (QED) is 0.897. The van der Waals surface area contributed by atoms with Gasteiger partial charge in [-0.05, 0) is 32.0 Å². The Bertz CT molecular complexity index is 541. The second kappa shape index (κ2) is 5.40. The molecule has 18 heavy (non-hydrogen) atoms. The van der Waals surface area contributed by atoms with Gasteiger partial charge in [0.2, 0.25) is 5.88 Å². The Morgan fingerprint density at radius 1 is 1.22 bits per heavy atom. The van der Waals surface area contributed by atoms with Crippen molar-refractivity contribution in [3.63, 3.8) is 0 Å². The van der Waals surface area contributed by atoms with Gasteiger partial charge in [-0.2, -0.15) is 0 Å². The predicted molar refractivity (Wildman–Crippen MR) is 71.1 cm³/mol. The van der Waals surface area contributed by atoms with Gasteiger partial charge in [-0.25, -0.2) is 4.98 Å². The van der Waals surface area contributed by atoms with Gasteiger partial charge in [0.25, 0.3) is 0 Å². The van der Waals surface area contributed by atoms with E-state index in [1.807, 2.05) is 44.2 Å². The number of nitrogens with two attached hydrogens (primary N) is 1. The molecular formula is C14H16N2O2. The first-order valence-electron chi connectivity index (χ1n) is 5.82. The van der Waals surface area contributed by atoms with Crippen LogP contribution in [0, 0.1) is 6.92 Å². The highest BCUT2D eigenvalue weighted by Gasteiger charge is 2.08. The van der Waals surface area contributed by atoms with Crippen LogP contribution in [0.3, 0.4) is 0 Å². The second-order valence-corrected chi connectivity index (χ2v) is 3.87. The van der Waals surface area contributed by atoms with Gasteiger partial charge in [0.05, 0.1) is 18.5 Å². The number of rotatable bonds is 4. The maximum Gasteiger partial charge on any atom is 0.222 e. The van der Waals surface area contributed by atoms with E-state index in [9.17, 15) is 0 Å². The number of pyridine rings is 1. The molecular weight excluding hydrogens is 228 g/mol. The van der Waals surface area contributed by atoms with Crippen molar-refractivity contribution in [1.29, 1.82) is 0 Å². The zero-order chi connectivity index (χ0) is 13.0. The molecule has 0 amide bonds. The highest BCUT2D eigenvalue weighted by Crippen LogP contribution is 2.31. The number of para-hydroxylation sites is 2. The first-order chi connectivity index (χ1) is 8.70. The van der Waals surface area contributed by atoms with Gasteiger partial charge in [-0.3, -0.25) is 0 Å². The summed E-state index contributed by atoms with van der Waals surface area (Å²) in [5.41, 5.74) is 7.17. The van der Waals surface area contributed by atoms with E-state index < -0.39 is 0 Å². The summed E-state index contributed by atoms with van der Waals surface area (Å²) in [6, 6.07) is 9.34. The summed E-state index contributed by atoms with van der Waals surface area (Å²) in [7, 11) is 0. The molecule has 4 heteroatoms. The summed E-state index contributed by atoms with van der Waals surface area (Å²) in [6.07, 6.45) is 1.58. The number of anilines is 1. The molecule has 0 saturated carbocycles. The normalized spacial score (nSPS) is 10.1. The first-order valence-corrected chi connectivity index (χ1v) is 5.82. The molecule has 4 nitrogen and oxygen atoms in total. The second-order valence-electron chi connectivity index (χ2n) is 3.87. The van der Waals surface area contributed by atoms with Gasteiger partial charge in [-0.15, -0.1) is 0 Å². The highest BCUT2D eigenvalue weighted by molar-refractivity contribution is 5.46. The Morgan fingerprint density at radius 3 is 2.61 bits per heavy atom. The van der Waals surface area contributed by atoms with Gasteiger partial charge < -0.3 is 15.2 Å². The van der Waals surface area contributed by atoms with Crippen molar-refractivity contribution < 1.29 is 9.47 Å². The summed E-state index contributed by atoms with van der Waals surface area (Å²) in [5, 5.41) is 0. The lowest BCUT2D eigenvalue weighted by Crippen LogP contribution is -1.97. The molecule has 0 spiro atoms. The van der Waals surface area contributed by atoms with E-state index >= 15 is 0 Å². The van der Waals surface area contributed by atoms with E-state index in [1.54, 1.807) is 6.20 Å². The van der Waals surface area contributed by atoms with Crippen LogP contribution in [-0.2, 0) is 0 Å². The zero-order valence-corrected chi connectivity index (χ0v) is 10.5. The lowest BCUT2D eigenvalue weighted by atomic mass is 10.3. The lowest BCUT2D eigenvalue weighted by Gasteiger charge is -2.12. The standard InChI is InChI=1S/C14H16N2O2/c1-3-17-12-6-4-5-7-13(12)18-14-10(2)8-11(15)9-16-14/h4-9H,3,15H2,1-2H3. The molecule has 0 bridgehead atoms. The predicted octanol–water partition coefficient (Wildman–Crippen LogP) is 3.16. The molecule has 0 aliphatic rings. The van der Waals surface area contributed by atoms with Crippen molar-refractivity contribution in [2.75, 3.05) is 12.3 Å². The molecule has 2 N–H and O–H groups in total. The smallest absolute Gasteiger partial charge is 0.222 e. The van der Waals surface area contributed by atoms with Crippen molar-refractivity contribution in [3.8, 4) is 17.4 Å². The van der Waals surface area contributed by atoms with Crippen LogP contribution in [0.4, 0.5) is 5.69 Å². The third-order valence-electron chi connectivity index (χ3n) is 2.41. The minimum Gasteiger partial charge on any atom is -0.490 e. The van der Waals surface area contributed by atoms with Crippen molar-refractivity contribution in [2.45, 2.75) is 13.8 Å². The molecule has 2 rings (SSSR count). The van der Waals surface area contributed by atoms with Crippen molar-refractivity contribution >= 4 is 5.69 Å². The van der Waals surface area contributed by atoms with Gasteiger partial charge >= 0.3 is 0 Å². The van der Waals surface area contributed by atoms with Gasteiger partial charge in [0, 0.05) is 5.56 Å². The fourth-order valence-electron chi connectivity index (χ4n) is 1.60. The minimum atomic E-state index is 0.538. The van der Waals surface area contributed by atoms with Crippen LogP contribution < -0.4 is 15.2 Å². The van der Waals surface area contributed by atoms with Crippen LogP contribution in [0.2, 0.25) is 0 Å². The average Bonchev–Trinajstić information content (AvgIpc) is 2.35. The number of hydrogen-bond acceptors (Lipinski definition) is 4. The molecule has 94 valence electrons. The van der Waals surface area contributed by atoms with Crippen LogP contribution in [0.5, 0.6) is 17.4 Å². The molecule has 0 fully saturated rings. The van der Waals surface area contributed by atoms with Gasteiger partial charge in [-0.1, -0.05) is 12.1 Å². The lowest BCUT2D eigenvalue weighted by molar-refractivity contribution is 0.319. The highest BCUT2D eigenvalue weighted by atomic mass is 16.5. The monoisotopic (exact) mass is 244 g/mol. The molecule has 1 heterocycles. The minimum absolute atomic E-state index is 0.538. The fourth-order valence-corrected chi connectivity index (χ4v) is 1.60. The number of aromatic nitrogens is 1. The molecule has 0 unspecified atom stereocenters. The molecule has 1 aromatic heterocycles. The Labute approximate surface area is 106 Å². The number of hydrogen-bond donors (Lipinski definition) is 1. The van der Waals surface area contributed by atoms with Gasteiger partial charge in [0.15, 0.2) is 11.5 Å². The molecule has 0 aliphatic carbocycles. The molecule has 0 radical (unpaired) electrons. The van der Waals surface area contributed by atoms with Crippen molar-refractivity contribution in [1.82, 2.24) is 4.98 Å². The summed E-state index contributed by atoms with van der Waals surface area (Å²) < 4.78 is 11.3. The van der Waals surface area contributed by atoms with Crippen LogP contribution >= 0.6 is 0 Å². The van der Waals surface area contributed by atoms with Crippen molar-refractivity contribution in [2.24, 2.45) is 0 Å². The van der Waals surface area contributed by atoms with Crippen LogP contribution in [0.25, 0.3) is 0 Å². The van der Waals surface area contributed by atoms with E-state index in [0.717, 1.165) is 5.56 Å². The molecule has 0 saturated heterocycles. The van der Waals surface area contributed by atoms with E-state index in [1.165, 1.54) is 0 Å². The van der Waals surface area contributed by atoms with E-state index in [2.05, 4.69) is 4.98 Å². The van der Waals surface area contributed by atoms with Gasteiger partial charge in [0.1, 0.15) is 0 Å². The van der Waals surface area contributed by atoms with Crippen molar-refractivity contribution in [3.05, 3.63) is 42.1 Å². The number of nitrogens with zero attached hydrogens (tertiary/aromatic N) is 1. The molecule has 2 aromatic rings. The average molecular weight is 244 g/mol. The number of nitrogen functional groups attached to an aromatic ring is 1. The van der Waals surface area contributed by atoms with Crippen LogP contribution in [0.1, 0.15) is 12.5 Å². The van der Waals surface area contributed by atoms with E-state index in [0.29, 0.717) is 29.7 Å². The Morgan fingerprint density at radius 2 is 1.94 bits per heavy atom. The van der Waals surface area contributed by atoms with Crippen LogP contribution in [0.15, 0.2) is 36.5 Å². The number of benzene rings is 1. The third-order valence-corrected chi connectivity index (χ3v) is 2.41. The molecule has 0 atom stereocenters. The summed E-state index contributed by atoms with van der Waals surface area (Å²) in [4.78, 5) is 4.17. The topological polar surface area (TPSA) is 57.4 Å².